The van der Waals surface area contributed by atoms with Crippen LogP contribution in [-0.2, 0) is 9.53 Å². The molecule has 2 aliphatic carbocycles. The first-order chi connectivity index (χ1) is 9.65. The smallest absolute Gasteiger partial charge is 0.170 e. The molecule has 3 nitrogen and oxygen atoms in total. The van der Waals surface area contributed by atoms with Gasteiger partial charge in [0.1, 0.15) is 11.5 Å². The van der Waals surface area contributed by atoms with E-state index in [1.807, 2.05) is 18.2 Å². The number of hydrogen-bond acceptors (Lipinski definition) is 3. The van der Waals surface area contributed by atoms with Gasteiger partial charge in [0.15, 0.2) is 5.78 Å². The number of Topliss-reactive ketones (excluding diaryl/α,β-unsaturated/α-hetero) is 1. The maximum absolute atomic E-state index is 12.7. The Kier molecular flexibility index (Phi) is 3.59. The molecule has 106 valence electrons. The summed E-state index contributed by atoms with van der Waals surface area (Å²) in [5.74, 6) is 2.28. The molecule has 2 atom stereocenters. The summed E-state index contributed by atoms with van der Waals surface area (Å²) in [6.45, 7) is 0. The van der Waals surface area contributed by atoms with Crippen molar-refractivity contribution in [3.05, 3.63) is 34.0 Å². The quantitative estimate of drug-likeness (QED) is 0.841. The highest BCUT2D eigenvalue weighted by atomic mass is 79.9. The summed E-state index contributed by atoms with van der Waals surface area (Å²) in [6.07, 6.45) is 2.95. The van der Waals surface area contributed by atoms with E-state index in [4.69, 9.17) is 9.47 Å². The van der Waals surface area contributed by atoms with Crippen molar-refractivity contribution in [3.8, 4) is 5.75 Å². The Bertz CT molecular complexity index is 591. The second-order valence-electron chi connectivity index (χ2n) is 5.36. The lowest BCUT2D eigenvalue weighted by atomic mass is 9.83. The van der Waals surface area contributed by atoms with E-state index in [2.05, 4.69) is 15.9 Å². The third kappa shape index (κ3) is 2.06. The van der Waals surface area contributed by atoms with Crippen molar-refractivity contribution in [1.29, 1.82) is 0 Å². The molecule has 3 rings (SSSR count). The van der Waals surface area contributed by atoms with Crippen molar-refractivity contribution >= 4 is 27.3 Å². The van der Waals surface area contributed by atoms with Gasteiger partial charge in [-0.1, -0.05) is 15.9 Å². The molecule has 0 heterocycles. The average molecular weight is 337 g/mol. The van der Waals surface area contributed by atoms with Gasteiger partial charge in [-0.2, -0.15) is 0 Å². The van der Waals surface area contributed by atoms with Crippen molar-refractivity contribution in [3.63, 3.8) is 0 Å². The number of halogens is 1. The van der Waals surface area contributed by atoms with Crippen LogP contribution in [0.1, 0.15) is 24.8 Å². The van der Waals surface area contributed by atoms with Crippen LogP contribution in [-0.4, -0.2) is 20.0 Å². The van der Waals surface area contributed by atoms with E-state index in [0.29, 0.717) is 11.7 Å². The molecule has 1 aromatic rings. The molecule has 2 aliphatic rings. The SMILES string of the molecule is COC1=C(c2ccc(Br)cc2OC)C(=O)C2CCC1C2. The summed E-state index contributed by atoms with van der Waals surface area (Å²) in [6, 6.07) is 5.75. The molecule has 0 radical (unpaired) electrons. The van der Waals surface area contributed by atoms with E-state index in [1.54, 1.807) is 14.2 Å². The predicted molar refractivity (Wildman–Crippen MR) is 80.5 cm³/mol. The van der Waals surface area contributed by atoms with Gasteiger partial charge >= 0.3 is 0 Å². The average Bonchev–Trinajstić information content (AvgIpc) is 2.89. The molecule has 2 unspecified atom stereocenters. The molecular formula is C16H17BrO3. The van der Waals surface area contributed by atoms with Gasteiger partial charge < -0.3 is 9.47 Å². The van der Waals surface area contributed by atoms with Gasteiger partial charge in [-0.05, 0) is 37.5 Å². The Morgan fingerprint density at radius 3 is 2.60 bits per heavy atom. The molecule has 1 saturated carbocycles. The van der Waals surface area contributed by atoms with Gasteiger partial charge in [-0.25, -0.2) is 0 Å². The molecule has 20 heavy (non-hydrogen) atoms. The summed E-state index contributed by atoms with van der Waals surface area (Å²) in [7, 11) is 3.28. The van der Waals surface area contributed by atoms with Crippen molar-refractivity contribution in [2.24, 2.45) is 11.8 Å². The number of ether oxygens (including phenoxy) is 2. The number of hydrogen-bond donors (Lipinski definition) is 0. The van der Waals surface area contributed by atoms with E-state index in [9.17, 15) is 4.79 Å². The summed E-state index contributed by atoms with van der Waals surface area (Å²) in [4.78, 5) is 12.7. The minimum absolute atomic E-state index is 0.155. The number of benzene rings is 1. The maximum Gasteiger partial charge on any atom is 0.170 e. The zero-order valence-electron chi connectivity index (χ0n) is 11.6. The van der Waals surface area contributed by atoms with Gasteiger partial charge in [0.2, 0.25) is 0 Å². The Hall–Kier alpha value is -1.29. The van der Waals surface area contributed by atoms with E-state index in [-0.39, 0.29) is 11.7 Å². The van der Waals surface area contributed by atoms with Crippen LogP contribution in [0.5, 0.6) is 5.75 Å². The van der Waals surface area contributed by atoms with Crippen LogP contribution in [0.4, 0.5) is 0 Å². The van der Waals surface area contributed by atoms with Gasteiger partial charge in [0.05, 0.1) is 19.8 Å². The maximum atomic E-state index is 12.7. The topological polar surface area (TPSA) is 35.5 Å². The minimum Gasteiger partial charge on any atom is -0.500 e. The molecule has 1 aromatic carbocycles. The van der Waals surface area contributed by atoms with E-state index < -0.39 is 0 Å². The number of allylic oxidation sites excluding steroid dienone is 2. The lowest BCUT2D eigenvalue weighted by molar-refractivity contribution is -0.117. The number of fused-ring (bicyclic) bond motifs is 2. The first-order valence-corrected chi connectivity index (χ1v) is 7.61. The monoisotopic (exact) mass is 336 g/mol. The Morgan fingerprint density at radius 2 is 1.90 bits per heavy atom. The lowest BCUT2D eigenvalue weighted by Gasteiger charge is -2.25. The second-order valence-corrected chi connectivity index (χ2v) is 6.27. The van der Waals surface area contributed by atoms with E-state index in [1.165, 1.54) is 0 Å². The molecule has 0 N–H and O–H groups in total. The Morgan fingerprint density at radius 1 is 1.15 bits per heavy atom. The first-order valence-electron chi connectivity index (χ1n) is 6.82. The number of methoxy groups -OCH3 is 2. The fraction of sp³-hybridized carbons (Fsp3) is 0.438. The molecule has 0 saturated heterocycles. The number of carbonyl (C=O) groups is 1. The lowest BCUT2D eigenvalue weighted by Crippen LogP contribution is -2.22. The Balaban J connectivity index is 2.18. The van der Waals surface area contributed by atoms with Crippen LogP contribution < -0.4 is 4.74 Å². The first kappa shape index (κ1) is 13.7. The van der Waals surface area contributed by atoms with Crippen molar-refractivity contribution in [2.75, 3.05) is 14.2 Å². The molecule has 4 heteroatoms. The molecule has 0 spiro atoms. The fourth-order valence-corrected chi connectivity index (χ4v) is 3.73. The largest absolute Gasteiger partial charge is 0.500 e. The van der Waals surface area contributed by atoms with Crippen LogP contribution >= 0.6 is 15.9 Å². The van der Waals surface area contributed by atoms with Crippen LogP contribution in [0.25, 0.3) is 5.57 Å². The zero-order valence-corrected chi connectivity index (χ0v) is 13.2. The summed E-state index contributed by atoms with van der Waals surface area (Å²) in [5, 5.41) is 0. The highest BCUT2D eigenvalue weighted by Crippen LogP contribution is 2.48. The van der Waals surface area contributed by atoms with Crippen LogP contribution in [0, 0.1) is 11.8 Å². The normalized spacial score (nSPS) is 25.1. The molecular weight excluding hydrogens is 320 g/mol. The third-order valence-corrected chi connectivity index (χ3v) is 4.81. The van der Waals surface area contributed by atoms with E-state index in [0.717, 1.165) is 40.6 Å². The van der Waals surface area contributed by atoms with Gasteiger partial charge in [0.25, 0.3) is 0 Å². The Labute approximate surface area is 127 Å². The third-order valence-electron chi connectivity index (χ3n) is 4.32. The number of ketones is 1. The van der Waals surface area contributed by atoms with Crippen molar-refractivity contribution in [2.45, 2.75) is 19.3 Å². The predicted octanol–water partition coefficient (Wildman–Crippen LogP) is 3.81. The van der Waals surface area contributed by atoms with Gasteiger partial charge in [-0.15, -0.1) is 0 Å². The van der Waals surface area contributed by atoms with Crippen LogP contribution in [0.15, 0.2) is 28.4 Å². The molecule has 2 bridgehead atoms. The van der Waals surface area contributed by atoms with E-state index >= 15 is 0 Å². The van der Waals surface area contributed by atoms with Crippen LogP contribution in [0.2, 0.25) is 0 Å². The van der Waals surface area contributed by atoms with Crippen LogP contribution in [0.3, 0.4) is 0 Å². The standard InChI is InChI=1S/C16H17BrO3/c1-19-13-8-11(17)5-6-12(13)14-15(18)9-3-4-10(7-9)16(14)20-2/h5-6,8-10H,3-4,7H2,1-2H3. The zero-order chi connectivity index (χ0) is 14.3. The molecule has 0 amide bonds. The van der Waals surface area contributed by atoms with Gasteiger partial charge in [0, 0.05) is 21.9 Å². The number of rotatable bonds is 3. The van der Waals surface area contributed by atoms with Crippen molar-refractivity contribution in [1.82, 2.24) is 0 Å². The molecule has 0 aliphatic heterocycles. The highest BCUT2D eigenvalue weighted by Gasteiger charge is 2.42. The summed E-state index contributed by atoms with van der Waals surface area (Å²) < 4.78 is 12.0. The minimum atomic E-state index is 0.155. The summed E-state index contributed by atoms with van der Waals surface area (Å²) >= 11 is 3.43. The fourth-order valence-electron chi connectivity index (χ4n) is 3.39. The molecule has 0 aromatic heterocycles. The highest BCUT2D eigenvalue weighted by molar-refractivity contribution is 9.10. The number of carbonyl (C=O) groups excluding carboxylic acids is 1. The molecule has 1 fully saturated rings. The second kappa shape index (κ2) is 5.24. The summed E-state index contributed by atoms with van der Waals surface area (Å²) in [5.41, 5.74) is 1.56. The van der Waals surface area contributed by atoms with Crippen molar-refractivity contribution < 1.29 is 14.3 Å². The van der Waals surface area contributed by atoms with Gasteiger partial charge in [-0.3, -0.25) is 4.79 Å².